The summed E-state index contributed by atoms with van der Waals surface area (Å²) < 4.78 is 26.9. The number of azo groups is 2. The number of hydrogen-bond acceptors (Lipinski definition) is 10. The average molecular weight is 680 g/mol. The number of nitrogens with zero attached hydrogens (tertiary/aromatic N) is 7. The smallest absolute Gasteiger partial charge is 0.243 e. The topological polar surface area (TPSA) is 134 Å². The van der Waals surface area contributed by atoms with Crippen LogP contribution in [-0.4, -0.2) is 69.0 Å². The Hall–Kier alpha value is -4.75. The molecule has 0 aliphatic carbocycles. The molecule has 12 heteroatoms. The summed E-state index contributed by atoms with van der Waals surface area (Å²) in [5.41, 5.74) is 4.81. The molecule has 0 aromatic heterocycles. The van der Waals surface area contributed by atoms with E-state index in [1.54, 1.807) is 12.1 Å². The van der Waals surface area contributed by atoms with Crippen molar-refractivity contribution in [3.05, 3.63) is 91.0 Å². The Balaban J connectivity index is 1.29. The summed E-state index contributed by atoms with van der Waals surface area (Å²) in [6.07, 6.45) is 2.11. The first-order valence-electron chi connectivity index (χ1n) is 16.3. The predicted octanol–water partition coefficient (Wildman–Crippen LogP) is 8.20. The van der Waals surface area contributed by atoms with E-state index in [1.165, 1.54) is 23.5 Å². The number of aliphatic hydroxyl groups is 2. The summed E-state index contributed by atoms with van der Waals surface area (Å²) in [6.45, 7) is 3.60. The third-order valence-electron chi connectivity index (χ3n) is 9.46. The van der Waals surface area contributed by atoms with Gasteiger partial charge in [0.05, 0.1) is 40.9 Å². The van der Waals surface area contributed by atoms with Crippen molar-refractivity contribution in [3.63, 3.8) is 0 Å². The molecule has 0 radical (unpaired) electrons. The van der Waals surface area contributed by atoms with Gasteiger partial charge in [-0.3, -0.25) is 0 Å². The van der Waals surface area contributed by atoms with Crippen molar-refractivity contribution in [1.29, 1.82) is 0 Å². The molecule has 0 amide bonds. The molecule has 1 unspecified atom stereocenters. The van der Waals surface area contributed by atoms with Crippen LogP contribution in [0.25, 0.3) is 21.5 Å². The van der Waals surface area contributed by atoms with Crippen LogP contribution in [-0.2, 0) is 10.0 Å². The molecule has 0 bridgehead atoms. The largest absolute Gasteiger partial charge is 0.395 e. The molecule has 2 N–H and O–H groups in total. The van der Waals surface area contributed by atoms with Crippen LogP contribution in [0.1, 0.15) is 26.7 Å². The van der Waals surface area contributed by atoms with E-state index in [2.05, 4.69) is 72.2 Å². The maximum Gasteiger partial charge on any atom is 0.243 e. The van der Waals surface area contributed by atoms with Crippen LogP contribution in [0.2, 0.25) is 0 Å². The van der Waals surface area contributed by atoms with Gasteiger partial charge in [-0.25, -0.2) is 8.42 Å². The molecule has 49 heavy (non-hydrogen) atoms. The second-order valence-electron chi connectivity index (χ2n) is 12.3. The molecule has 0 saturated carbocycles. The van der Waals surface area contributed by atoms with Crippen molar-refractivity contribution in [2.24, 2.45) is 20.5 Å². The Kier molecular flexibility index (Phi) is 9.75. The summed E-state index contributed by atoms with van der Waals surface area (Å²) in [5, 5.41) is 40.8. The molecule has 0 fully saturated rings. The standard InChI is InChI=1S/C37H41N7O4S/c1-5-21-37(2)42(3)34-12-8-11-30-33(19-20-35(36(30)34)43(37)4)41-40-32-18-17-31(28-9-6-7-10-29(28)32)39-38-26-13-15-27(16-14-26)49(47,48)44(22-24-45)23-25-46/h6-20,45-46H,5,21-25H2,1-4H3. The zero-order valence-electron chi connectivity index (χ0n) is 28.2. The van der Waals surface area contributed by atoms with Gasteiger partial charge in [-0.15, -0.1) is 15.3 Å². The Morgan fingerprint density at radius 2 is 1.18 bits per heavy atom. The fourth-order valence-electron chi connectivity index (χ4n) is 6.62. The summed E-state index contributed by atoms with van der Waals surface area (Å²) in [7, 11) is 0.449. The van der Waals surface area contributed by atoms with Crippen LogP contribution >= 0.6 is 0 Å². The van der Waals surface area contributed by atoms with E-state index < -0.39 is 10.0 Å². The lowest BCUT2D eigenvalue weighted by molar-refractivity contribution is 0.217. The monoisotopic (exact) mass is 679 g/mol. The van der Waals surface area contributed by atoms with E-state index in [0.717, 1.165) is 44.4 Å². The van der Waals surface area contributed by atoms with E-state index in [0.29, 0.717) is 17.1 Å². The Bertz CT molecular complexity index is 2130. The van der Waals surface area contributed by atoms with Gasteiger partial charge in [0.15, 0.2) is 0 Å². The summed E-state index contributed by atoms with van der Waals surface area (Å²) >= 11 is 0. The molecular weight excluding hydrogens is 639 g/mol. The van der Waals surface area contributed by atoms with Gasteiger partial charge < -0.3 is 20.0 Å². The van der Waals surface area contributed by atoms with Crippen LogP contribution < -0.4 is 9.80 Å². The lowest BCUT2D eigenvalue weighted by Crippen LogP contribution is -2.58. The molecule has 1 heterocycles. The molecule has 0 spiro atoms. The molecule has 6 rings (SSSR count). The number of aliphatic hydroxyl groups excluding tert-OH is 2. The second-order valence-corrected chi connectivity index (χ2v) is 14.2. The SMILES string of the molecule is CCCC1(C)N(C)c2cccc3c(N=Nc4ccc(N=Nc5ccc(S(=O)(=O)N(CCO)CCO)cc5)c5ccccc45)ccc(c23)N1C. The fourth-order valence-corrected chi connectivity index (χ4v) is 8.05. The molecule has 254 valence electrons. The number of anilines is 2. The first-order valence-corrected chi connectivity index (χ1v) is 17.8. The summed E-state index contributed by atoms with van der Waals surface area (Å²) in [5.74, 6) is 0. The molecule has 1 aliphatic heterocycles. The average Bonchev–Trinajstić information content (AvgIpc) is 3.12. The number of hydrogen-bond donors (Lipinski definition) is 2. The normalized spacial score (nSPS) is 16.6. The maximum absolute atomic E-state index is 12.9. The van der Waals surface area contributed by atoms with E-state index in [-0.39, 0.29) is 36.9 Å². The minimum absolute atomic E-state index is 0.0401. The van der Waals surface area contributed by atoms with Crippen molar-refractivity contribution in [2.45, 2.75) is 37.2 Å². The number of sulfonamides is 1. The van der Waals surface area contributed by atoms with Crippen LogP contribution in [0.15, 0.2) is 116 Å². The van der Waals surface area contributed by atoms with E-state index >= 15 is 0 Å². The van der Waals surface area contributed by atoms with Gasteiger partial charge >= 0.3 is 0 Å². The lowest BCUT2D eigenvalue weighted by Gasteiger charge is -2.52. The lowest BCUT2D eigenvalue weighted by atomic mass is 9.93. The molecule has 11 nitrogen and oxygen atoms in total. The van der Waals surface area contributed by atoms with Crippen molar-refractivity contribution in [1.82, 2.24) is 4.31 Å². The number of rotatable bonds is 12. The zero-order chi connectivity index (χ0) is 34.8. The second kappa shape index (κ2) is 14.0. The quantitative estimate of drug-likeness (QED) is 0.128. The Labute approximate surface area is 286 Å². The zero-order valence-corrected chi connectivity index (χ0v) is 29.0. The van der Waals surface area contributed by atoms with Gasteiger partial charge in [0.2, 0.25) is 10.0 Å². The van der Waals surface area contributed by atoms with Crippen molar-refractivity contribution in [2.75, 3.05) is 50.2 Å². The van der Waals surface area contributed by atoms with Crippen LogP contribution in [0.5, 0.6) is 0 Å². The molecule has 0 saturated heterocycles. The summed E-state index contributed by atoms with van der Waals surface area (Å²) in [4.78, 5) is 4.78. The minimum Gasteiger partial charge on any atom is -0.395 e. The van der Waals surface area contributed by atoms with E-state index in [1.807, 2.05) is 42.5 Å². The Morgan fingerprint density at radius 3 is 1.76 bits per heavy atom. The molecule has 5 aromatic carbocycles. The van der Waals surface area contributed by atoms with Crippen molar-refractivity contribution in [3.8, 4) is 0 Å². The highest BCUT2D eigenvalue weighted by molar-refractivity contribution is 7.89. The van der Waals surface area contributed by atoms with Gasteiger partial charge in [0.25, 0.3) is 0 Å². The third kappa shape index (κ3) is 6.28. The highest BCUT2D eigenvalue weighted by Crippen LogP contribution is 2.48. The Morgan fingerprint density at radius 1 is 0.673 bits per heavy atom. The van der Waals surface area contributed by atoms with Crippen LogP contribution in [0.4, 0.5) is 34.1 Å². The molecule has 1 aliphatic rings. The van der Waals surface area contributed by atoms with Crippen LogP contribution in [0.3, 0.4) is 0 Å². The first-order chi connectivity index (χ1) is 23.6. The predicted molar refractivity (Wildman–Crippen MR) is 196 cm³/mol. The highest BCUT2D eigenvalue weighted by Gasteiger charge is 2.39. The van der Waals surface area contributed by atoms with Crippen molar-refractivity contribution < 1.29 is 18.6 Å². The van der Waals surface area contributed by atoms with Crippen molar-refractivity contribution >= 4 is 65.7 Å². The summed E-state index contributed by atoms with van der Waals surface area (Å²) in [6, 6.07) is 28.1. The van der Waals surface area contributed by atoms with E-state index in [4.69, 9.17) is 10.2 Å². The number of fused-ring (bicyclic) bond motifs is 1. The first kappa shape index (κ1) is 34.1. The van der Waals surface area contributed by atoms with Gasteiger partial charge in [0, 0.05) is 60.1 Å². The third-order valence-corrected chi connectivity index (χ3v) is 11.4. The molecule has 1 atom stereocenters. The number of benzene rings is 5. The van der Waals surface area contributed by atoms with E-state index in [9.17, 15) is 18.6 Å². The van der Waals surface area contributed by atoms with Gasteiger partial charge in [-0.05, 0) is 67.9 Å². The van der Waals surface area contributed by atoms with Gasteiger partial charge in [-0.2, -0.15) is 9.42 Å². The maximum atomic E-state index is 12.9. The van der Waals surface area contributed by atoms with Gasteiger partial charge in [0.1, 0.15) is 5.66 Å². The van der Waals surface area contributed by atoms with Gasteiger partial charge in [-0.1, -0.05) is 49.7 Å². The minimum atomic E-state index is -3.88. The van der Waals surface area contributed by atoms with Crippen LogP contribution in [0, 0.1) is 0 Å². The fraction of sp³-hybridized carbons (Fsp3) is 0.297. The highest BCUT2D eigenvalue weighted by atomic mass is 32.2. The molecule has 5 aromatic rings. The molecular formula is C37H41N7O4S.